The van der Waals surface area contributed by atoms with Gasteiger partial charge in [0, 0.05) is 0 Å². The highest BCUT2D eigenvalue weighted by molar-refractivity contribution is 6.36. The number of benzene rings is 2. The zero-order chi connectivity index (χ0) is 18.5. The van der Waals surface area contributed by atoms with Crippen LogP contribution in [-0.4, -0.2) is 16.8 Å². The van der Waals surface area contributed by atoms with Crippen LogP contribution in [0.3, 0.4) is 0 Å². The predicted molar refractivity (Wildman–Crippen MR) is 88.8 cm³/mol. The summed E-state index contributed by atoms with van der Waals surface area (Å²) in [5.41, 5.74) is -1.48. The minimum Gasteiger partial charge on any atom is -0.350 e. The smallest absolute Gasteiger partial charge is 0.350 e. The van der Waals surface area contributed by atoms with Crippen molar-refractivity contribution in [1.82, 2.24) is 4.98 Å². The first-order chi connectivity index (χ1) is 12.4. The van der Waals surface area contributed by atoms with Gasteiger partial charge in [-0.25, -0.2) is 4.90 Å². The second-order valence-corrected chi connectivity index (χ2v) is 5.77. The van der Waals surface area contributed by atoms with Crippen molar-refractivity contribution >= 4 is 17.5 Å². The third-order valence-corrected chi connectivity index (χ3v) is 4.19. The lowest BCUT2D eigenvalue weighted by Gasteiger charge is -2.15. The maximum absolute atomic E-state index is 13.5. The molecule has 2 aromatic carbocycles. The molecule has 0 spiro atoms. The molecule has 26 heavy (non-hydrogen) atoms. The van der Waals surface area contributed by atoms with Crippen LogP contribution >= 0.6 is 0 Å². The number of para-hydroxylation sites is 1. The van der Waals surface area contributed by atoms with Crippen molar-refractivity contribution in [2.75, 3.05) is 4.90 Å². The normalized spacial score (nSPS) is 14.0. The highest BCUT2D eigenvalue weighted by Gasteiger charge is 2.49. The number of hydrogen-bond donors (Lipinski definition) is 1. The zero-order valence-corrected chi connectivity index (χ0v) is 13.2. The minimum atomic E-state index is -4.79. The average molecular weight is 356 g/mol. The van der Waals surface area contributed by atoms with E-state index in [9.17, 15) is 22.8 Å². The number of aromatic nitrogens is 1. The second-order valence-electron chi connectivity index (χ2n) is 5.77. The molecule has 130 valence electrons. The summed E-state index contributed by atoms with van der Waals surface area (Å²) in [4.78, 5) is 28.6. The van der Waals surface area contributed by atoms with Crippen molar-refractivity contribution in [2.24, 2.45) is 0 Å². The number of carbonyl (C=O) groups excluding carboxylic acids is 2. The molecule has 3 aromatic rings. The van der Waals surface area contributed by atoms with Gasteiger partial charge in [0.15, 0.2) is 0 Å². The number of fused-ring (bicyclic) bond motifs is 1. The van der Waals surface area contributed by atoms with Crippen LogP contribution in [-0.2, 0) is 6.18 Å². The summed E-state index contributed by atoms with van der Waals surface area (Å²) in [6.07, 6.45) is -4.79. The summed E-state index contributed by atoms with van der Waals surface area (Å²) in [6.45, 7) is 0. The van der Waals surface area contributed by atoms with E-state index in [4.69, 9.17) is 0 Å². The molecule has 1 aliphatic heterocycles. The Bertz CT molecular complexity index is 1010. The van der Waals surface area contributed by atoms with Gasteiger partial charge in [0.05, 0.1) is 22.5 Å². The lowest BCUT2D eigenvalue weighted by atomic mass is 10.1. The van der Waals surface area contributed by atoms with E-state index in [1.165, 1.54) is 12.1 Å². The molecule has 0 radical (unpaired) electrons. The largest absolute Gasteiger partial charge is 0.432 e. The molecule has 7 heteroatoms. The van der Waals surface area contributed by atoms with E-state index in [1.54, 1.807) is 48.5 Å². The standard InChI is InChI=1S/C19H11F3N2O2/c20-19(21,22)16-14-13(15(23-16)11-7-3-1-4-8-11)17(25)24(18(14)26)12-9-5-2-6-10-12/h1-10,23H. The first kappa shape index (κ1) is 16.1. The van der Waals surface area contributed by atoms with E-state index in [0.717, 1.165) is 4.90 Å². The summed E-state index contributed by atoms with van der Waals surface area (Å²) >= 11 is 0. The van der Waals surface area contributed by atoms with Crippen LogP contribution in [0.5, 0.6) is 0 Å². The fraction of sp³-hybridized carbons (Fsp3) is 0.0526. The molecule has 2 heterocycles. The quantitative estimate of drug-likeness (QED) is 0.688. The number of aromatic amines is 1. The Hall–Kier alpha value is -3.35. The van der Waals surface area contributed by atoms with E-state index >= 15 is 0 Å². The van der Waals surface area contributed by atoms with Crippen LogP contribution in [0.15, 0.2) is 60.7 Å². The van der Waals surface area contributed by atoms with Gasteiger partial charge in [-0.3, -0.25) is 9.59 Å². The molecule has 2 amide bonds. The van der Waals surface area contributed by atoms with E-state index in [-0.39, 0.29) is 16.9 Å². The molecule has 0 fully saturated rings. The number of imide groups is 1. The van der Waals surface area contributed by atoms with E-state index in [2.05, 4.69) is 4.98 Å². The van der Waals surface area contributed by atoms with Crippen molar-refractivity contribution < 1.29 is 22.8 Å². The van der Waals surface area contributed by atoms with Crippen molar-refractivity contribution in [1.29, 1.82) is 0 Å². The number of carbonyl (C=O) groups is 2. The van der Waals surface area contributed by atoms with Crippen LogP contribution in [0, 0.1) is 0 Å². The molecule has 0 saturated heterocycles. The van der Waals surface area contributed by atoms with Gasteiger partial charge in [0.2, 0.25) is 0 Å². The van der Waals surface area contributed by atoms with Gasteiger partial charge in [-0.1, -0.05) is 48.5 Å². The van der Waals surface area contributed by atoms with Gasteiger partial charge in [-0.2, -0.15) is 13.2 Å². The molecule has 0 atom stereocenters. The Morgan fingerprint density at radius 2 is 1.31 bits per heavy atom. The number of rotatable bonds is 2. The van der Waals surface area contributed by atoms with Gasteiger partial charge >= 0.3 is 6.18 Å². The lowest BCUT2D eigenvalue weighted by Crippen LogP contribution is -2.30. The van der Waals surface area contributed by atoms with Crippen molar-refractivity contribution in [3.05, 3.63) is 77.5 Å². The molecule has 4 rings (SSSR count). The first-order valence-electron chi connectivity index (χ1n) is 7.72. The Morgan fingerprint density at radius 3 is 1.88 bits per heavy atom. The van der Waals surface area contributed by atoms with Gasteiger partial charge in [0.25, 0.3) is 11.8 Å². The molecule has 0 saturated carbocycles. The number of amides is 2. The van der Waals surface area contributed by atoms with E-state index < -0.39 is 29.2 Å². The first-order valence-corrected chi connectivity index (χ1v) is 7.72. The Morgan fingerprint density at radius 1 is 0.769 bits per heavy atom. The highest BCUT2D eigenvalue weighted by atomic mass is 19.4. The maximum Gasteiger partial charge on any atom is 0.432 e. The molecule has 1 aliphatic rings. The predicted octanol–water partition coefficient (Wildman–Crippen LogP) is 4.50. The summed E-state index contributed by atoms with van der Waals surface area (Å²) < 4.78 is 40.5. The molecule has 0 bridgehead atoms. The molecule has 0 aliphatic carbocycles. The summed E-state index contributed by atoms with van der Waals surface area (Å²) in [5, 5.41) is 0. The van der Waals surface area contributed by atoms with Crippen LogP contribution in [0.25, 0.3) is 11.3 Å². The van der Waals surface area contributed by atoms with Crippen molar-refractivity contribution in [3.63, 3.8) is 0 Å². The fourth-order valence-electron chi connectivity index (χ4n) is 3.09. The molecule has 0 unspecified atom stereocenters. The number of anilines is 1. The zero-order valence-electron chi connectivity index (χ0n) is 13.2. The summed E-state index contributed by atoms with van der Waals surface area (Å²) in [6, 6.07) is 16.1. The van der Waals surface area contributed by atoms with E-state index in [0.29, 0.717) is 5.56 Å². The SMILES string of the molecule is O=C1c2c(-c3ccccc3)[nH]c(C(F)(F)F)c2C(=O)N1c1ccccc1. The molecule has 4 nitrogen and oxygen atoms in total. The van der Waals surface area contributed by atoms with Gasteiger partial charge in [-0.15, -0.1) is 0 Å². The number of nitrogens with zero attached hydrogens (tertiary/aromatic N) is 1. The van der Waals surface area contributed by atoms with Crippen LogP contribution < -0.4 is 4.90 Å². The maximum atomic E-state index is 13.5. The summed E-state index contributed by atoms with van der Waals surface area (Å²) in [7, 11) is 0. The van der Waals surface area contributed by atoms with Crippen molar-refractivity contribution in [3.8, 4) is 11.3 Å². The number of hydrogen-bond acceptors (Lipinski definition) is 2. The minimum absolute atomic E-state index is 0.00953. The fourth-order valence-corrected chi connectivity index (χ4v) is 3.09. The lowest BCUT2D eigenvalue weighted by molar-refractivity contribution is -0.141. The number of alkyl halides is 3. The third-order valence-electron chi connectivity index (χ3n) is 4.19. The molecule has 1 aromatic heterocycles. The molecular formula is C19H11F3N2O2. The van der Waals surface area contributed by atoms with Crippen molar-refractivity contribution in [2.45, 2.75) is 6.18 Å². The molecule has 1 N–H and O–H groups in total. The second kappa shape index (κ2) is 5.59. The Balaban J connectivity index is 1.96. The average Bonchev–Trinajstić information content (AvgIpc) is 3.14. The Kier molecular flexibility index (Phi) is 3.47. The third kappa shape index (κ3) is 2.32. The Labute approximate surface area is 145 Å². The highest BCUT2D eigenvalue weighted by Crippen LogP contribution is 2.42. The van der Waals surface area contributed by atoms with E-state index in [1.807, 2.05) is 0 Å². The van der Waals surface area contributed by atoms with Crippen LogP contribution in [0.2, 0.25) is 0 Å². The van der Waals surface area contributed by atoms with Crippen LogP contribution in [0.1, 0.15) is 26.4 Å². The van der Waals surface area contributed by atoms with Crippen LogP contribution in [0.4, 0.5) is 18.9 Å². The number of nitrogens with one attached hydrogen (secondary N) is 1. The summed E-state index contributed by atoms with van der Waals surface area (Å²) in [5.74, 6) is -1.76. The van der Waals surface area contributed by atoms with Gasteiger partial charge < -0.3 is 4.98 Å². The number of halogens is 3. The van der Waals surface area contributed by atoms with Gasteiger partial charge in [-0.05, 0) is 17.7 Å². The monoisotopic (exact) mass is 356 g/mol. The molecular weight excluding hydrogens is 345 g/mol. The van der Waals surface area contributed by atoms with Gasteiger partial charge in [0.1, 0.15) is 5.69 Å². The topological polar surface area (TPSA) is 53.2 Å². The number of H-pyrrole nitrogens is 1.